The first-order valence-electron chi connectivity index (χ1n) is 6.92. The number of nitrogens with one attached hydrogen (secondary N) is 2. The van der Waals surface area contributed by atoms with Gasteiger partial charge >= 0.3 is 0 Å². The van der Waals surface area contributed by atoms with Crippen molar-refractivity contribution in [3.05, 3.63) is 59.4 Å². The lowest BCUT2D eigenvalue weighted by Crippen LogP contribution is -2.35. The molecule has 0 bridgehead atoms. The van der Waals surface area contributed by atoms with Crippen molar-refractivity contribution in [1.82, 2.24) is 10.6 Å². The first kappa shape index (κ1) is 13.9. The molecule has 2 N–H and O–H groups in total. The first-order valence-corrected chi connectivity index (χ1v) is 7.30. The number of benzene rings is 1. The Hall–Kier alpha value is -2.07. The van der Waals surface area contributed by atoms with Crippen LogP contribution in [-0.4, -0.2) is 17.8 Å². The minimum atomic E-state index is -0.163. The quantitative estimate of drug-likeness (QED) is 0.898. The summed E-state index contributed by atoms with van der Waals surface area (Å²) in [4.78, 5) is 16.3. The fraction of sp³-hybridized carbons (Fsp3) is 0.250. The Morgan fingerprint density at radius 2 is 1.86 bits per heavy atom. The number of hydrogen-bond acceptors (Lipinski definition) is 3. The van der Waals surface area contributed by atoms with Gasteiger partial charge < -0.3 is 10.6 Å². The Kier molecular flexibility index (Phi) is 4.06. The van der Waals surface area contributed by atoms with E-state index >= 15 is 0 Å². The topological polar surface area (TPSA) is 53.5 Å². The molecule has 5 heteroatoms. The average molecular weight is 302 g/mol. The van der Waals surface area contributed by atoms with E-state index in [2.05, 4.69) is 15.6 Å². The highest BCUT2D eigenvalue weighted by molar-refractivity contribution is 6.30. The van der Waals surface area contributed by atoms with E-state index in [9.17, 15) is 4.79 Å². The molecule has 3 rings (SSSR count). The minimum absolute atomic E-state index is 0.0723. The van der Waals surface area contributed by atoms with Crippen molar-refractivity contribution in [2.45, 2.75) is 19.0 Å². The Balaban J connectivity index is 1.60. The van der Waals surface area contributed by atoms with Gasteiger partial charge in [-0.15, -0.1) is 0 Å². The summed E-state index contributed by atoms with van der Waals surface area (Å²) in [6.45, 7) is 0. The number of carbonyl (C=O) groups excluding carboxylic acids is 1. The number of dihydropyridines is 1. The van der Waals surface area contributed by atoms with E-state index in [1.54, 1.807) is 0 Å². The number of hydrogen-bond donors (Lipinski definition) is 2. The van der Waals surface area contributed by atoms with E-state index in [0.717, 1.165) is 11.3 Å². The van der Waals surface area contributed by atoms with Crippen molar-refractivity contribution >= 4 is 23.2 Å². The average Bonchev–Trinajstić information content (AvgIpc) is 2.97. The molecule has 0 aromatic heterocycles. The van der Waals surface area contributed by atoms with Gasteiger partial charge in [-0.3, -0.25) is 4.79 Å². The summed E-state index contributed by atoms with van der Waals surface area (Å²) < 4.78 is 0. The van der Waals surface area contributed by atoms with Crippen LogP contribution in [-0.2, 0) is 11.2 Å². The van der Waals surface area contributed by atoms with E-state index in [1.165, 1.54) is 0 Å². The molecule has 0 fully saturated rings. The Bertz CT molecular complexity index is 611. The molecule has 0 saturated heterocycles. The molecule has 1 aromatic carbocycles. The molecule has 108 valence electrons. The zero-order chi connectivity index (χ0) is 14.7. The molecule has 4 nitrogen and oxygen atoms in total. The van der Waals surface area contributed by atoms with Crippen LogP contribution in [0.1, 0.15) is 12.0 Å². The molecule has 0 radical (unpaired) electrons. The van der Waals surface area contributed by atoms with Crippen molar-refractivity contribution in [3.8, 4) is 0 Å². The van der Waals surface area contributed by atoms with Crippen LogP contribution in [0.4, 0.5) is 0 Å². The van der Waals surface area contributed by atoms with E-state index in [4.69, 9.17) is 11.6 Å². The molecule has 1 atom stereocenters. The monoisotopic (exact) mass is 301 g/mol. The summed E-state index contributed by atoms with van der Waals surface area (Å²) in [6, 6.07) is 7.60. The van der Waals surface area contributed by atoms with Gasteiger partial charge in [0.2, 0.25) is 0 Å². The maximum Gasteiger partial charge on any atom is 0.252 e. The van der Waals surface area contributed by atoms with Crippen LogP contribution in [0.3, 0.4) is 0 Å². The number of halogens is 1. The van der Waals surface area contributed by atoms with Crippen LogP contribution >= 0.6 is 11.6 Å². The van der Waals surface area contributed by atoms with Gasteiger partial charge in [0.15, 0.2) is 0 Å². The maximum absolute atomic E-state index is 12.1. The zero-order valence-electron chi connectivity index (χ0n) is 11.4. The molecule has 2 aliphatic rings. The van der Waals surface area contributed by atoms with Crippen LogP contribution in [0.15, 0.2) is 53.8 Å². The zero-order valence-corrected chi connectivity index (χ0v) is 12.2. The summed E-state index contributed by atoms with van der Waals surface area (Å²) in [7, 11) is 0. The van der Waals surface area contributed by atoms with Crippen molar-refractivity contribution in [2.75, 3.05) is 0 Å². The smallest absolute Gasteiger partial charge is 0.252 e. The van der Waals surface area contributed by atoms with Gasteiger partial charge in [0.25, 0.3) is 5.91 Å². The van der Waals surface area contributed by atoms with Crippen LogP contribution in [0.5, 0.6) is 0 Å². The van der Waals surface area contributed by atoms with Crippen LogP contribution in [0.2, 0.25) is 5.02 Å². The number of amides is 1. The van der Waals surface area contributed by atoms with Crippen molar-refractivity contribution in [3.63, 3.8) is 0 Å². The Morgan fingerprint density at radius 3 is 2.52 bits per heavy atom. The third-order valence-electron chi connectivity index (χ3n) is 3.56. The summed E-state index contributed by atoms with van der Waals surface area (Å²) in [5.41, 5.74) is 1.89. The standard InChI is InChI=1S/C16H16ClN3O/c17-13-4-1-11(2-5-13)9-14-6-3-12(16(21)20-14)10-15-18-7-8-19-15/h1-8,12,15,18-19H,9-10H2. The van der Waals surface area contributed by atoms with Gasteiger partial charge in [-0.25, -0.2) is 4.99 Å². The van der Waals surface area contributed by atoms with Gasteiger partial charge in [0.05, 0.1) is 12.1 Å². The molecule has 1 aromatic rings. The SMILES string of the molecule is O=C1N=C(Cc2ccc(Cl)cc2)C=CC1CC1NC=CN1. The van der Waals surface area contributed by atoms with Crippen molar-refractivity contribution in [2.24, 2.45) is 10.9 Å². The van der Waals surface area contributed by atoms with Gasteiger partial charge in [0, 0.05) is 36.0 Å². The lowest BCUT2D eigenvalue weighted by molar-refractivity contribution is -0.120. The third kappa shape index (κ3) is 3.52. The fourth-order valence-corrected chi connectivity index (χ4v) is 2.55. The largest absolute Gasteiger partial charge is 0.370 e. The molecule has 21 heavy (non-hydrogen) atoms. The second-order valence-corrected chi connectivity index (χ2v) is 5.60. The molecule has 2 aliphatic heterocycles. The lowest BCUT2D eigenvalue weighted by Gasteiger charge is -2.19. The molecular formula is C16H16ClN3O. The highest BCUT2D eigenvalue weighted by Gasteiger charge is 2.23. The van der Waals surface area contributed by atoms with Crippen LogP contribution < -0.4 is 10.6 Å². The van der Waals surface area contributed by atoms with Crippen molar-refractivity contribution < 1.29 is 4.79 Å². The molecule has 0 saturated carbocycles. The van der Waals surface area contributed by atoms with Crippen molar-refractivity contribution in [1.29, 1.82) is 0 Å². The normalized spacial score (nSPS) is 21.1. The van der Waals surface area contributed by atoms with Gasteiger partial charge in [-0.05, 0) is 23.8 Å². The van der Waals surface area contributed by atoms with E-state index in [0.29, 0.717) is 17.9 Å². The number of nitrogens with zero attached hydrogens (tertiary/aromatic N) is 1. The number of aliphatic imine (C=N–C) groups is 1. The van der Waals surface area contributed by atoms with E-state index in [1.807, 2.05) is 48.8 Å². The molecule has 1 unspecified atom stereocenters. The highest BCUT2D eigenvalue weighted by Crippen LogP contribution is 2.17. The predicted octanol–water partition coefficient (Wildman–Crippen LogP) is 2.42. The van der Waals surface area contributed by atoms with Gasteiger partial charge in [-0.2, -0.15) is 0 Å². The Morgan fingerprint density at radius 1 is 1.14 bits per heavy atom. The minimum Gasteiger partial charge on any atom is -0.370 e. The number of carbonyl (C=O) groups is 1. The maximum atomic E-state index is 12.1. The molecule has 0 spiro atoms. The van der Waals surface area contributed by atoms with Gasteiger partial charge in [-0.1, -0.05) is 29.8 Å². The summed E-state index contributed by atoms with van der Waals surface area (Å²) >= 11 is 5.86. The Labute approximate surface area is 128 Å². The molecule has 1 amide bonds. The molecule has 2 heterocycles. The summed E-state index contributed by atoms with van der Waals surface area (Å²) in [5.74, 6) is -0.235. The van der Waals surface area contributed by atoms with Crippen LogP contribution in [0.25, 0.3) is 0 Å². The fourth-order valence-electron chi connectivity index (χ4n) is 2.43. The predicted molar refractivity (Wildman–Crippen MR) is 84.0 cm³/mol. The number of rotatable bonds is 4. The number of allylic oxidation sites excluding steroid dienone is 1. The summed E-state index contributed by atoms with van der Waals surface area (Å²) in [5, 5.41) is 6.99. The molecular weight excluding hydrogens is 286 g/mol. The molecule has 0 aliphatic carbocycles. The van der Waals surface area contributed by atoms with Gasteiger partial charge in [0.1, 0.15) is 0 Å². The third-order valence-corrected chi connectivity index (χ3v) is 3.81. The summed E-state index contributed by atoms with van der Waals surface area (Å²) in [6.07, 6.45) is 9.03. The lowest BCUT2D eigenvalue weighted by atomic mass is 9.97. The second-order valence-electron chi connectivity index (χ2n) is 5.17. The second kappa shape index (κ2) is 6.14. The van der Waals surface area contributed by atoms with E-state index < -0.39 is 0 Å². The highest BCUT2D eigenvalue weighted by atomic mass is 35.5. The van der Waals surface area contributed by atoms with E-state index in [-0.39, 0.29) is 18.0 Å². The first-order chi connectivity index (χ1) is 10.2. The van der Waals surface area contributed by atoms with Crippen LogP contribution in [0, 0.1) is 5.92 Å².